The third-order valence-electron chi connectivity index (χ3n) is 2.82. The van der Waals surface area contributed by atoms with Gasteiger partial charge in [0.05, 0.1) is 11.2 Å². The highest BCUT2D eigenvalue weighted by Crippen LogP contribution is 2.27. The lowest BCUT2D eigenvalue weighted by Crippen LogP contribution is -1.93. The predicted octanol–water partition coefficient (Wildman–Crippen LogP) is 4.26. The third-order valence-corrected chi connectivity index (χ3v) is 3.05. The lowest BCUT2D eigenvalue weighted by molar-refractivity contribution is 1.10. The number of benzene rings is 2. The smallest absolute Gasteiger partial charge is 0.126 e. The van der Waals surface area contributed by atoms with Crippen molar-refractivity contribution in [3.8, 4) is 11.3 Å². The Morgan fingerprint density at radius 2 is 1.72 bits per heavy atom. The van der Waals surface area contributed by atoms with Crippen LogP contribution in [0.4, 0.5) is 0 Å². The minimum Gasteiger partial charge on any atom is -0.233 e. The number of rotatable bonds is 1. The molecule has 1 aromatic heterocycles. The van der Waals surface area contributed by atoms with E-state index in [4.69, 9.17) is 11.6 Å². The van der Waals surface area contributed by atoms with Crippen LogP contribution in [-0.4, -0.2) is 9.97 Å². The molecule has 18 heavy (non-hydrogen) atoms. The van der Waals surface area contributed by atoms with E-state index in [-0.39, 0.29) is 0 Å². The second kappa shape index (κ2) is 4.39. The molecule has 0 bridgehead atoms. The monoisotopic (exact) mass is 254 g/mol. The summed E-state index contributed by atoms with van der Waals surface area (Å²) in [5.74, 6) is 0.753. The first-order valence-electron chi connectivity index (χ1n) is 5.73. The van der Waals surface area contributed by atoms with E-state index < -0.39 is 0 Å². The molecule has 0 saturated carbocycles. The second-order valence-electron chi connectivity index (χ2n) is 4.15. The van der Waals surface area contributed by atoms with Gasteiger partial charge in [0, 0.05) is 16.0 Å². The van der Waals surface area contributed by atoms with Crippen molar-refractivity contribution in [3.63, 3.8) is 0 Å². The molecule has 0 fully saturated rings. The van der Waals surface area contributed by atoms with Gasteiger partial charge in [0.1, 0.15) is 5.82 Å². The number of nitrogens with zero attached hydrogens (tertiary/aromatic N) is 2. The summed E-state index contributed by atoms with van der Waals surface area (Å²) >= 11 is 6.01. The largest absolute Gasteiger partial charge is 0.233 e. The lowest BCUT2D eigenvalue weighted by atomic mass is 10.1. The molecule has 3 heteroatoms. The quantitative estimate of drug-likeness (QED) is 0.648. The Morgan fingerprint density at radius 1 is 0.944 bits per heavy atom. The molecule has 0 aliphatic heterocycles. The van der Waals surface area contributed by atoms with E-state index in [9.17, 15) is 0 Å². The molecule has 1 heterocycles. The summed E-state index contributed by atoms with van der Waals surface area (Å²) in [7, 11) is 0. The molecular weight excluding hydrogens is 244 g/mol. The van der Waals surface area contributed by atoms with Crippen molar-refractivity contribution in [2.45, 2.75) is 6.92 Å². The Labute approximate surface area is 110 Å². The summed E-state index contributed by atoms with van der Waals surface area (Å²) in [6, 6.07) is 15.8. The first-order chi connectivity index (χ1) is 8.74. The van der Waals surface area contributed by atoms with E-state index in [0.29, 0.717) is 5.02 Å². The van der Waals surface area contributed by atoms with Crippen LogP contribution in [0.15, 0.2) is 48.5 Å². The maximum Gasteiger partial charge on any atom is 0.126 e. The van der Waals surface area contributed by atoms with E-state index in [1.165, 1.54) is 0 Å². The van der Waals surface area contributed by atoms with Gasteiger partial charge in [0.25, 0.3) is 0 Å². The SMILES string of the molecule is Cc1nc(-c2ccccc2)c2ccc(Cl)cc2n1. The van der Waals surface area contributed by atoms with Crippen LogP contribution in [0.5, 0.6) is 0 Å². The maximum atomic E-state index is 6.01. The number of hydrogen-bond donors (Lipinski definition) is 0. The van der Waals surface area contributed by atoms with Gasteiger partial charge in [0.2, 0.25) is 0 Å². The van der Waals surface area contributed by atoms with Crippen LogP contribution in [0.2, 0.25) is 5.02 Å². The van der Waals surface area contributed by atoms with Crippen LogP contribution in [-0.2, 0) is 0 Å². The first kappa shape index (κ1) is 11.2. The Hall–Kier alpha value is -1.93. The van der Waals surface area contributed by atoms with Gasteiger partial charge >= 0.3 is 0 Å². The van der Waals surface area contributed by atoms with Crippen LogP contribution < -0.4 is 0 Å². The predicted molar refractivity (Wildman–Crippen MR) is 74.7 cm³/mol. The normalized spacial score (nSPS) is 10.8. The highest BCUT2D eigenvalue weighted by atomic mass is 35.5. The molecule has 3 rings (SSSR count). The summed E-state index contributed by atoms with van der Waals surface area (Å²) in [6.45, 7) is 1.90. The van der Waals surface area contributed by atoms with Crippen LogP contribution in [0.1, 0.15) is 5.82 Å². The third kappa shape index (κ3) is 1.95. The van der Waals surface area contributed by atoms with E-state index in [1.54, 1.807) is 0 Å². The molecule has 0 saturated heterocycles. The molecule has 0 amide bonds. The molecule has 0 radical (unpaired) electrons. The summed E-state index contributed by atoms with van der Waals surface area (Å²) in [5.41, 5.74) is 2.93. The van der Waals surface area contributed by atoms with Crippen molar-refractivity contribution in [2.24, 2.45) is 0 Å². The highest BCUT2D eigenvalue weighted by molar-refractivity contribution is 6.31. The van der Waals surface area contributed by atoms with Gasteiger partial charge in [0.15, 0.2) is 0 Å². The van der Waals surface area contributed by atoms with Crippen molar-refractivity contribution >= 4 is 22.5 Å². The average Bonchev–Trinajstić information content (AvgIpc) is 2.38. The minimum absolute atomic E-state index is 0.694. The summed E-state index contributed by atoms with van der Waals surface area (Å²) in [6.07, 6.45) is 0. The average molecular weight is 255 g/mol. The van der Waals surface area contributed by atoms with Gasteiger partial charge in [-0.3, -0.25) is 0 Å². The number of aryl methyl sites for hydroxylation is 1. The van der Waals surface area contributed by atoms with Gasteiger partial charge in [-0.25, -0.2) is 9.97 Å². The maximum absolute atomic E-state index is 6.01. The fraction of sp³-hybridized carbons (Fsp3) is 0.0667. The minimum atomic E-state index is 0.694. The Morgan fingerprint density at radius 3 is 2.50 bits per heavy atom. The molecule has 0 N–H and O–H groups in total. The van der Waals surface area contributed by atoms with Crippen LogP contribution in [0.3, 0.4) is 0 Å². The number of halogens is 1. The van der Waals surface area contributed by atoms with Gasteiger partial charge < -0.3 is 0 Å². The molecule has 2 aromatic carbocycles. The molecule has 0 unspecified atom stereocenters. The van der Waals surface area contributed by atoms with E-state index >= 15 is 0 Å². The van der Waals surface area contributed by atoms with Crippen molar-refractivity contribution < 1.29 is 0 Å². The van der Waals surface area contributed by atoms with Gasteiger partial charge in [-0.2, -0.15) is 0 Å². The fourth-order valence-corrected chi connectivity index (χ4v) is 2.20. The van der Waals surface area contributed by atoms with Crippen molar-refractivity contribution in [1.82, 2.24) is 9.97 Å². The number of hydrogen-bond acceptors (Lipinski definition) is 2. The Balaban J connectivity index is 2.35. The topological polar surface area (TPSA) is 25.8 Å². The van der Waals surface area contributed by atoms with Gasteiger partial charge in [-0.15, -0.1) is 0 Å². The molecule has 3 aromatic rings. The van der Waals surface area contributed by atoms with Crippen LogP contribution in [0, 0.1) is 6.92 Å². The van der Waals surface area contributed by atoms with E-state index in [1.807, 2.05) is 43.3 Å². The Kier molecular flexibility index (Phi) is 2.73. The molecule has 0 spiro atoms. The first-order valence-corrected chi connectivity index (χ1v) is 6.11. The fourth-order valence-electron chi connectivity index (χ4n) is 2.03. The second-order valence-corrected chi connectivity index (χ2v) is 4.58. The zero-order valence-corrected chi connectivity index (χ0v) is 10.6. The Bertz CT molecular complexity index is 703. The number of fused-ring (bicyclic) bond motifs is 1. The molecule has 2 nitrogen and oxygen atoms in total. The van der Waals surface area contributed by atoms with Crippen molar-refractivity contribution in [1.29, 1.82) is 0 Å². The molecule has 0 atom stereocenters. The lowest BCUT2D eigenvalue weighted by Gasteiger charge is -2.07. The highest BCUT2D eigenvalue weighted by Gasteiger charge is 2.07. The standard InChI is InChI=1S/C15H11ClN2/c1-10-17-14-9-12(16)7-8-13(14)15(18-10)11-5-3-2-4-6-11/h2-9H,1H3. The van der Waals surface area contributed by atoms with Crippen molar-refractivity contribution in [3.05, 3.63) is 59.4 Å². The number of aromatic nitrogens is 2. The molecule has 0 aliphatic rings. The zero-order valence-electron chi connectivity index (χ0n) is 9.89. The van der Waals surface area contributed by atoms with Crippen LogP contribution in [0.25, 0.3) is 22.2 Å². The molecular formula is C15H11ClN2. The van der Waals surface area contributed by atoms with Gasteiger partial charge in [-0.05, 0) is 25.1 Å². The van der Waals surface area contributed by atoms with Crippen molar-refractivity contribution in [2.75, 3.05) is 0 Å². The van der Waals surface area contributed by atoms with Gasteiger partial charge in [-0.1, -0.05) is 41.9 Å². The summed E-state index contributed by atoms with van der Waals surface area (Å²) in [4.78, 5) is 8.97. The van der Waals surface area contributed by atoms with Crippen LogP contribution >= 0.6 is 11.6 Å². The summed E-state index contributed by atoms with van der Waals surface area (Å²) in [5, 5.41) is 1.72. The summed E-state index contributed by atoms with van der Waals surface area (Å²) < 4.78 is 0. The molecule has 88 valence electrons. The van der Waals surface area contributed by atoms with E-state index in [0.717, 1.165) is 28.0 Å². The van der Waals surface area contributed by atoms with E-state index in [2.05, 4.69) is 22.1 Å². The zero-order chi connectivity index (χ0) is 12.5. The molecule has 0 aliphatic carbocycles.